The number of carbonyl (C=O) groups is 1. The molecule has 3 heterocycles. The van der Waals surface area contributed by atoms with Gasteiger partial charge in [0.15, 0.2) is 16.6 Å². The van der Waals surface area contributed by atoms with Gasteiger partial charge in [0, 0.05) is 23.7 Å². The first-order chi connectivity index (χ1) is 14.5. The smallest absolute Gasteiger partial charge is 0.244 e. The summed E-state index contributed by atoms with van der Waals surface area (Å²) in [6, 6.07) is 3.76. The Morgan fingerprint density at radius 2 is 1.97 bits per heavy atom. The van der Waals surface area contributed by atoms with E-state index in [1.807, 2.05) is 0 Å². The Labute approximate surface area is 179 Å². The number of benzene rings is 1. The zero-order valence-corrected chi connectivity index (χ0v) is 18.0. The fourth-order valence-corrected chi connectivity index (χ4v) is 7.19. The van der Waals surface area contributed by atoms with Crippen LogP contribution in [-0.2, 0) is 14.8 Å². The maximum Gasteiger partial charge on any atom is 0.244 e. The lowest BCUT2D eigenvalue weighted by atomic mass is 9.85. The SMILES string of the molecule is O=C(Nc1nccs1)[C@@H]1C[C@H]2CCCC[C@@H]2N1S(=O)(=O)c1ccc2c(c1)OCCO2. The van der Waals surface area contributed by atoms with Crippen molar-refractivity contribution < 1.29 is 22.7 Å². The van der Waals surface area contributed by atoms with E-state index in [-0.39, 0.29) is 22.8 Å². The zero-order valence-electron chi connectivity index (χ0n) is 16.3. The number of carbonyl (C=O) groups excluding carboxylic acids is 1. The third-order valence-corrected chi connectivity index (χ3v) is 8.70. The van der Waals surface area contributed by atoms with Crippen LogP contribution in [0.3, 0.4) is 0 Å². The summed E-state index contributed by atoms with van der Waals surface area (Å²) in [5.74, 6) is 0.832. The molecule has 1 saturated carbocycles. The second-order valence-corrected chi connectivity index (χ2v) is 10.6. The van der Waals surface area contributed by atoms with Crippen LogP contribution >= 0.6 is 11.3 Å². The van der Waals surface area contributed by atoms with E-state index in [1.54, 1.807) is 17.6 Å². The van der Waals surface area contributed by atoms with E-state index in [9.17, 15) is 13.2 Å². The molecule has 8 nitrogen and oxygen atoms in total. The summed E-state index contributed by atoms with van der Waals surface area (Å²) >= 11 is 1.31. The molecule has 0 radical (unpaired) electrons. The molecule has 160 valence electrons. The third-order valence-electron chi connectivity index (χ3n) is 6.08. The number of nitrogens with one attached hydrogen (secondary N) is 1. The number of rotatable bonds is 4. The predicted octanol–water partition coefficient (Wildman–Crippen LogP) is 2.87. The minimum atomic E-state index is -3.90. The van der Waals surface area contributed by atoms with Crippen LogP contribution < -0.4 is 14.8 Å². The first kappa shape index (κ1) is 19.8. The Balaban J connectivity index is 1.50. The number of aromatic nitrogens is 1. The Morgan fingerprint density at radius 1 is 1.17 bits per heavy atom. The topological polar surface area (TPSA) is 97.8 Å². The number of hydrogen-bond acceptors (Lipinski definition) is 7. The molecule has 0 bridgehead atoms. The van der Waals surface area contributed by atoms with Gasteiger partial charge < -0.3 is 14.8 Å². The van der Waals surface area contributed by atoms with E-state index in [4.69, 9.17) is 9.47 Å². The molecule has 2 aliphatic heterocycles. The highest BCUT2D eigenvalue weighted by Crippen LogP contribution is 2.44. The van der Waals surface area contributed by atoms with Crippen molar-refractivity contribution in [3.63, 3.8) is 0 Å². The van der Waals surface area contributed by atoms with Gasteiger partial charge in [-0.3, -0.25) is 4.79 Å². The van der Waals surface area contributed by atoms with Gasteiger partial charge >= 0.3 is 0 Å². The van der Waals surface area contributed by atoms with Crippen molar-refractivity contribution in [2.75, 3.05) is 18.5 Å². The number of amides is 1. The van der Waals surface area contributed by atoms with Crippen molar-refractivity contribution in [1.29, 1.82) is 0 Å². The minimum Gasteiger partial charge on any atom is -0.486 e. The van der Waals surface area contributed by atoms with Crippen LogP contribution in [0.4, 0.5) is 5.13 Å². The summed E-state index contributed by atoms with van der Waals surface area (Å²) in [7, 11) is -3.90. The Bertz CT molecular complexity index is 1040. The number of nitrogens with zero attached hydrogens (tertiary/aromatic N) is 2. The number of anilines is 1. The molecule has 0 spiro atoms. The van der Waals surface area contributed by atoms with E-state index < -0.39 is 16.1 Å². The van der Waals surface area contributed by atoms with Crippen LogP contribution in [-0.4, -0.2) is 48.9 Å². The molecule has 2 fully saturated rings. The highest BCUT2D eigenvalue weighted by molar-refractivity contribution is 7.89. The Kier molecular flexibility index (Phi) is 5.16. The van der Waals surface area contributed by atoms with Crippen molar-refractivity contribution in [1.82, 2.24) is 9.29 Å². The molecule has 1 aromatic carbocycles. The second-order valence-electron chi connectivity index (χ2n) is 7.83. The van der Waals surface area contributed by atoms with Crippen LogP contribution in [0.5, 0.6) is 11.5 Å². The third kappa shape index (κ3) is 3.46. The molecule has 30 heavy (non-hydrogen) atoms. The van der Waals surface area contributed by atoms with Gasteiger partial charge in [0.25, 0.3) is 0 Å². The predicted molar refractivity (Wildman–Crippen MR) is 111 cm³/mol. The lowest BCUT2D eigenvalue weighted by molar-refractivity contribution is -0.119. The quantitative estimate of drug-likeness (QED) is 0.771. The summed E-state index contributed by atoms with van der Waals surface area (Å²) in [6.07, 6.45) is 5.90. The van der Waals surface area contributed by atoms with Crippen molar-refractivity contribution in [3.05, 3.63) is 29.8 Å². The molecule has 2 aromatic rings. The van der Waals surface area contributed by atoms with Gasteiger partial charge in [-0.05, 0) is 37.3 Å². The molecule has 1 aliphatic carbocycles. The summed E-state index contributed by atoms with van der Waals surface area (Å²) < 4.78 is 40.0. The number of ether oxygens (including phenoxy) is 2. The highest BCUT2D eigenvalue weighted by atomic mass is 32.2. The van der Waals surface area contributed by atoms with E-state index >= 15 is 0 Å². The lowest BCUT2D eigenvalue weighted by Crippen LogP contribution is -2.47. The van der Waals surface area contributed by atoms with Gasteiger partial charge in [-0.1, -0.05) is 12.8 Å². The second kappa shape index (κ2) is 7.82. The molecular weight excluding hydrogens is 426 g/mol. The molecule has 3 aliphatic rings. The fraction of sp³-hybridized carbons (Fsp3) is 0.500. The van der Waals surface area contributed by atoms with E-state index in [2.05, 4.69) is 10.3 Å². The Hall–Kier alpha value is -2.17. The summed E-state index contributed by atoms with van der Waals surface area (Å²) in [6.45, 7) is 0.817. The van der Waals surface area contributed by atoms with Gasteiger partial charge in [-0.2, -0.15) is 4.31 Å². The molecule has 1 aromatic heterocycles. The molecule has 0 unspecified atom stereocenters. The van der Waals surface area contributed by atoms with Crippen LogP contribution in [0.2, 0.25) is 0 Å². The van der Waals surface area contributed by atoms with Crippen molar-refractivity contribution in [3.8, 4) is 11.5 Å². The van der Waals surface area contributed by atoms with Crippen LogP contribution in [0.25, 0.3) is 0 Å². The highest BCUT2D eigenvalue weighted by Gasteiger charge is 2.51. The summed E-state index contributed by atoms with van der Waals surface area (Å²) in [5, 5.41) is 5.04. The molecule has 1 amide bonds. The Morgan fingerprint density at radius 3 is 2.77 bits per heavy atom. The maximum atomic E-state index is 13.7. The van der Waals surface area contributed by atoms with Gasteiger partial charge in [0.05, 0.1) is 4.90 Å². The van der Waals surface area contributed by atoms with Crippen molar-refractivity contribution in [2.45, 2.75) is 49.1 Å². The lowest BCUT2D eigenvalue weighted by Gasteiger charge is -2.32. The van der Waals surface area contributed by atoms with Crippen molar-refractivity contribution >= 4 is 32.4 Å². The van der Waals surface area contributed by atoms with E-state index in [1.165, 1.54) is 27.8 Å². The fourth-order valence-electron chi connectivity index (χ4n) is 4.77. The monoisotopic (exact) mass is 449 g/mol. The number of hydrogen-bond donors (Lipinski definition) is 1. The maximum absolute atomic E-state index is 13.7. The van der Waals surface area contributed by atoms with Crippen LogP contribution in [0.1, 0.15) is 32.1 Å². The average molecular weight is 450 g/mol. The minimum absolute atomic E-state index is 0.130. The van der Waals surface area contributed by atoms with Gasteiger partial charge in [0.2, 0.25) is 15.9 Å². The zero-order chi connectivity index (χ0) is 20.7. The number of sulfonamides is 1. The first-order valence-corrected chi connectivity index (χ1v) is 12.5. The molecule has 10 heteroatoms. The molecule has 3 atom stereocenters. The van der Waals surface area contributed by atoms with Gasteiger partial charge in [0.1, 0.15) is 19.3 Å². The van der Waals surface area contributed by atoms with Gasteiger partial charge in [-0.15, -0.1) is 11.3 Å². The molecule has 1 N–H and O–H groups in total. The largest absolute Gasteiger partial charge is 0.486 e. The first-order valence-electron chi connectivity index (χ1n) is 10.2. The normalized spacial score (nSPS) is 26.2. The van der Waals surface area contributed by atoms with E-state index in [0.29, 0.717) is 36.3 Å². The standard InChI is InChI=1S/C20H23N3O5S2/c24-19(22-20-21-7-10-29-20)16-11-13-3-1-2-4-15(13)23(16)30(25,26)14-5-6-17-18(12-14)28-9-8-27-17/h5-7,10,12-13,15-16H,1-4,8-9,11H2,(H,21,22,24)/t13-,15+,16+/m1/s1. The molecular formula is C20H23N3O5S2. The number of fused-ring (bicyclic) bond motifs is 2. The van der Waals surface area contributed by atoms with Crippen LogP contribution in [0, 0.1) is 5.92 Å². The van der Waals surface area contributed by atoms with Crippen molar-refractivity contribution in [2.24, 2.45) is 5.92 Å². The van der Waals surface area contributed by atoms with Gasteiger partial charge in [-0.25, -0.2) is 13.4 Å². The molecule has 1 saturated heterocycles. The van der Waals surface area contributed by atoms with E-state index in [0.717, 1.165) is 25.7 Å². The average Bonchev–Trinajstić information content (AvgIpc) is 3.41. The van der Waals surface area contributed by atoms with Crippen LogP contribution in [0.15, 0.2) is 34.7 Å². The summed E-state index contributed by atoms with van der Waals surface area (Å²) in [5.41, 5.74) is 0. The summed E-state index contributed by atoms with van der Waals surface area (Å²) in [4.78, 5) is 17.3. The molecule has 5 rings (SSSR count). The number of thiazole rings is 1.